The van der Waals surface area contributed by atoms with Gasteiger partial charge in [0, 0.05) is 18.6 Å². The van der Waals surface area contributed by atoms with Gasteiger partial charge in [0.15, 0.2) is 0 Å². The lowest BCUT2D eigenvalue weighted by atomic mass is 9.96. The van der Waals surface area contributed by atoms with Gasteiger partial charge in [0.05, 0.1) is 10.6 Å². The Bertz CT molecular complexity index is 512. The maximum atomic E-state index is 11.9. The second kappa shape index (κ2) is 6.33. The molecule has 1 aliphatic heterocycles. The number of anilines is 1. The molecule has 20 heavy (non-hydrogen) atoms. The Hall–Kier alpha value is -2.15. The first kappa shape index (κ1) is 14.3. The highest BCUT2D eigenvalue weighted by Gasteiger charge is 2.18. The number of nitrogens with one attached hydrogen (secondary N) is 2. The molecule has 1 aromatic carbocycles. The van der Waals surface area contributed by atoms with Crippen molar-refractivity contribution in [2.24, 2.45) is 5.92 Å². The molecular formula is C13H17N3O4. The second-order valence-electron chi connectivity index (χ2n) is 4.92. The Kier molecular flexibility index (Phi) is 4.52. The summed E-state index contributed by atoms with van der Waals surface area (Å²) in [7, 11) is 0. The highest BCUT2D eigenvalue weighted by atomic mass is 16.6. The van der Waals surface area contributed by atoms with E-state index < -0.39 is 4.92 Å². The number of nitro benzene ring substituents is 1. The number of rotatable bonds is 4. The number of amides is 1. The van der Waals surface area contributed by atoms with Crippen LogP contribution in [0.15, 0.2) is 18.2 Å². The molecule has 7 heteroatoms. The Morgan fingerprint density at radius 3 is 3.00 bits per heavy atom. The zero-order chi connectivity index (χ0) is 14.5. The number of carbonyl (C=O) groups excluding carboxylic acids is 1. The van der Waals surface area contributed by atoms with E-state index in [0.717, 1.165) is 32.0 Å². The molecule has 1 fully saturated rings. The van der Waals surface area contributed by atoms with Crippen molar-refractivity contribution in [2.45, 2.75) is 19.3 Å². The van der Waals surface area contributed by atoms with E-state index in [9.17, 15) is 20.0 Å². The topological polar surface area (TPSA) is 104 Å². The van der Waals surface area contributed by atoms with Crippen molar-refractivity contribution in [3.63, 3.8) is 0 Å². The summed E-state index contributed by atoms with van der Waals surface area (Å²) in [6.45, 7) is 1.78. The molecule has 1 amide bonds. The molecular weight excluding hydrogens is 262 g/mol. The van der Waals surface area contributed by atoms with E-state index in [1.807, 2.05) is 0 Å². The first-order chi connectivity index (χ1) is 9.56. The van der Waals surface area contributed by atoms with Crippen molar-refractivity contribution < 1.29 is 14.8 Å². The van der Waals surface area contributed by atoms with Crippen LogP contribution in [0.5, 0.6) is 5.75 Å². The van der Waals surface area contributed by atoms with Crippen molar-refractivity contribution in [1.29, 1.82) is 0 Å². The van der Waals surface area contributed by atoms with E-state index in [2.05, 4.69) is 10.6 Å². The normalized spacial score (nSPS) is 18.5. The number of nitrogens with zero attached hydrogens (tertiary/aromatic N) is 1. The largest absolute Gasteiger partial charge is 0.506 e. The van der Waals surface area contributed by atoms with Crippen LogP contribution in [0, 0.1) is 16.0 Å². The van der Waals surface area contributed by atoms with Gasteiger partial charge in [-0.25, -0.2) is 0 Å². The summed E-state index contributed by atoms with van der Waals surface area (Å²) in [5.41, 5.74) is -0.0922. The number of aromatic hydroxyl groups is 1. The highest BCUT2D eigenvalue weighted by molar-refractivity contribution is 5.92. The van der Waals surface area contributed by atoms with Crippen molar-refractivity contribution in [3.8, 4) is 5.75 Å². The number of benzene rings is 1. The summed E-state index contributed by atoms with van der Waals surface area (Å²) in [6, 6.07) is 3.55. The van der Waals surface area contributed by atoms with Crippen LogP contribution in [0.1, 0.15) is 19.3 Å². The van der Waals surface area contributed by atoms with Crippen LogP contribution in [0.25, 0.3) is 0 Å². The molecule has 1 aromatic rings. The molecule has 0 aliphatic carbocycles. The van der Waals surface area contributed by atoms with Crippen LogP contribution in [0.2, 0.25) is 0 Å². The number of nitro groups is 1. The summed E-state index contributed by atoms with van der Waals surface area (Å²) in [5.74, 6) is -0.148. The van der Waals surface area contributed by atoms with Crippen molar-refractivity contribution in [2.75, 3.05) is 18.4 Å². The number of non-ortho nitro benzene ring substituents is 1. The summed E-state index contributed by atoms with van der Waals surface area (Å²) >= 11 is 0. The average molecular weight is 279 g/mol. The van der Waals surface area contributed by atoms with Crippen LogP contribution < -0.4 is 10.6 Å². The van der Waals surface area contributed by atoms with E-state index in [1.165, 1.54) is 12.1 Å². The molecule has 1 heterocycles. The fourth-order valence-electron chi connectivity index (χ4n) is 2.30. The summed E-state index contributed by atoms with van der Waals surface area (Å²) in [5, 5.41) is 26.0. The Balaban J connectivity index is 1.99. The van der Waals surface area contributed by atoms with Crippen molar-refractivity contribution >= 4 is 17.3 Å². The minimum absolute atomic E-state index is 0.0768. The maximum absolute atomic E-state index is 11.9. The Labute approximate surface area is 116 Å². The molecule has 1 aliphatic rings. The zero-order valence-corrected chi connectivity index (χ0v) is 11.0. The Morgan fingerprint density at radius 1 is 1.55 bits per heavy atom. The molecule has 7 nitrogen and oxygen atoms in total. The standard InChI is InChI=1S/C13H17N3O4/c17-12-4-3-10(16(19)20)7-11(12)15-13(18)6-9-2-1-5-14-8-9/h3-4,7,9,14,17H,1-2,5-6,8H2,(H,15,18). The smallest absolute Gasteiger partial charge is 0.271 e. The first-order valence-electron chi connectivity index (χ1n) is 6.54. The maximum Gasteiger partial charge on any atom is 0.271 e. The minimum Gasteiger partial charge on any atom is -0.506 e. The van der Waals surface area contributed by atoms with Crippen molar-refractivity contribution in [1.82, 2.24) is 5.32 Å². The van der Waals surface area contributed by atoms with Crippen LogP contribution >= 0.6 is 0 Å². The number of piperidine rings is 1. The number of hydrogen-bond donors (Lipinski definition) is 3. The van der Waals surface area contributed by atoms with E-state index in [-0.39, 0.29) is 28.9 Å². The number of phenols is 1. The third-order valence-corrected chi connectivity index (χ3v) is 3.34. The van der Waals surface area contributed by atoms with Gasteiger partial charge in [0.2, 0.25) is 5.91 Å². The lowest BCUT2D eigenvalue weighted by Crippen LogP contribution is -2.32. The molecule has 0 radical (unpaired) electrons. The van der Waals surface area contributed by atoms with Gasteiger partial charge >= 0.3 is 0 Å². The molecule has 1 atom stereocenters. The number of carbonyl (C=O) groups is 1. The van der Waals surface area contributed by atoms with Crippen LogP contribution in [0.4, 0.5) is 11.4 Å². The van der Waals surface area contributed by atoms with Gasteiger partial charge < -0.3 is 15.7 Å². The average Bonchev–Trinajstić information content (AvgIpc) is 2.42. The van der Waals surface area contributed by atoms with Gasteiger partial charge in [-0.3, -0.25) is 14.9 Å². The van der Waals surface area contributed by atoms with Gasteiger partial charge in [-0.2, -0.15) is 0 Å². The van der Waals surface area contributed by atoms with Gasteiger partial charge in [-0.15, -0.1) is 0 Å². The van der Waals surface area contributed by atoms with E-state index in [1.54, 1.807) is 0 Å². The van der Waals surface area contributed by atoms with Gasteiger partial charge in [0.1, 0.15) is 5.75 Å². The quantitative estimate of drug-likeness (QED) is 0.441. The van der Waals surface area contributed by atoms with E-state index in [4.69, 9.17) is 0 Å². The number of phenolic OH excluding ortho intramolecular Hbond substituents is 1. The fourth-order valence-corrected chi connectivity index (χ4v) is 2.30. The molecule has 0 bridgehead atoms. The molecule has 0 spiro atoms. The Morgan fingerprint density at radius 2 is 2.35 bits per heavy atom. The summed E-state index contributed by atoms with van der Waals surface area (Å²) in [4.78, 5) is 22.0. The SMILES string of the molecule is O=C(CC1CCCNC1)Nc1cc([N+](=O)[O-])ccc1O. The predicted octanol–water partition coefficient (Wildman–Crippen LogP) is 1.63. The summed E-state index contributed by atoms with van der Waals surface area (Å²) in [6.07, 6.45) is 2.37. The predicted molar refractivity (Wildman–Crippen MR) is 73.6 cm³/mol. The lowest BCUT2D eigenvalue weighted by Gasteiger charge is -2.22. The molecule has 0 saturated carbocycles. The second-order valence-corrected chi connectivity index (χ2v) is 4.92. The van der Waals surface area contributed by atoms with Crippen LogP contribution in [-0.4, -0.2) is 29.0 Å². The molecule has 1 saturated heterocycles. The first-order valence-corrected chi connectivity index (χ1v) is 6.54. The van der Waals surface area contributed by atoms with Gasteiger partial charge in [-0.1, -0.05) is 0 Å². The third kappa shape index (κ3) is 3.67. The highest BCUT2D eigenvalue weighted by Crippen LogP contribution is 2.28. The van der Waals surface area contributed by atoms with Gasteiger partial charge in [0.25, 0.3) is 5.69 Å². The van der Waals surface area contributed by atoms with E-state index in [0.29, 0.717) is 6.42 Å². The fraction of sp³-hybridized carbons (Fsp3) is 0.462. The van der Waals surface area contributed by atoms with Crippen LogP contribution in [-0.2, 0) is 4.79 Å². The molecule has 0 aromatic heterocycles. The molecule has 2 rings (SSSR count). The third-order valence-electron chi connectivity index (χ3n) is 3.34. The van der Waals surface area contributed by atoms with Crippen LogP contribution in [0.3, 0.4) is 0 Å². The zero-order valence-electron chi connectivity index (χ0n) is 11.0. The summed E-state index contributed by atoms with van der Waals surface area (Å²) < 4.78 is 0. The van der Waals surface area contributed by atoms with Crippen molar-refractivity contribution in [3.05, 3.63) is 28.3 Å². The minimum atomic E-state index is -0.569. The molecule has 1 unspecified atom stereocenters. The molecule has 3 N–H and O–H groups in total. The monoisotopic (exact) mass is 279 g/mol. The lowest BCUT2D eigenvalue weighted by molar-refractivity contribution is -0.384. The number of hydrogen-bond acceptors (Lipinski definition) is 5. The van der Waals surface area contributed by atoms with Gasteiger partial charge in [-0.05, 0) is 37.9 Å². The van der Waals surface area contributed by atoms with E-state index >= 15 is 0 Å². The molecule has 108 valence electrons.